The summed E-state index contributed by atoms with van der Waals surface area (Å²) in [6.07, 6.45) is 3.29. The second-order valence-corrected chi connectivity index (χ2v) is 11.5. The number of hydrogen-bond donors (Lipinski definition) is 3. The maximum atomic E-state index is 12.5. The van der Waals surface area contributed by atoms with Crippen LogP contribution < -0.4 is 10.6 Å². The van der Waals surface area contributed by atoms with E-state index in [9.17, 15) is 9.59 Å². The van der Waals surface area contributed by atoms with Gasteiger partial charge in [0.05, 0.1) is 12.1 Å². The Morgan fingerprint density at radius 1 is 1.03 bits per heavy atom. The zero-order valence-electron chi connectivity index (χ0n) is 21.9. The standard InChI is InChI=1S/C31H30ClN3O3S/c1-18-6-7-24(17-26(18)32)28-19(2)39-31(35-28)29(34-25-13-12-20-4-3-5-23(20)16-25)21-8-10-22(11-9-21)30(38)33-15-14-27(36)37/h6-13,16-17,29,34H,3-5,14-15H2,1-2H3,(H,33,38)(H,36,37). The number of fused-ring (bicyclic) bond motifs is 1. The highest BCUT2D eigenvalue weighted by atomic mass is 35.5. The zero-order chi connectivity index (χ0) is 27.5. The van der Waals surface area contributed by atoms with E-state index in [2.05, 4.69) is 35.8 Å². The predicted octanol–water partition coefficient (Wildman–Crippen LogP) is 6.98. The van der Waals surface area contributed by atoms with E-state index in [1.807, 2.05) is 37.3 Å². The number of thiazole rings is 1. The number of anilines is 1. The Hall–Kier alpha value is -3.68. The molecular weight excluding hydrogens is 530 g/mol. The number of carbonyl (C=O) groups is 2. The number of benzene rings is 3. The number of nitrogens with one attached hydrogen (secondary N) is 2. The molecule has 8 heteroatoms. The first kappa shape index (κ1) is 26.9. The fourth-order valence-corrected chi connectivity index (χ4v) is 6.08. The summed E-state index contributed by atoms with van der Waals surface area (Å²) >= 11 is 8.06. The van der Waals surface area contributed by atoms with Crippen molar-refractivity contribution in [2.75, 3.05) is 11.9 Å². The maximum absolute atomic E-state index is 12.5. The molecule has 6 nitrogen and oxygen atoms in total. The van der Waals surface area contributed by atoms with Crippen LogP contribution in [0.4, 0.5) is 5.69 Å². The van der Waals surface area contributed by atoms with Gasteiger partial charge >= 0.3 is 5.97 Å². The summed E-state index contributed by atoms with van der Waals surface area (Å²) in [4.78, 5) is 29.4. The molecule has 1 aliphatic rings. The Morgan fingerprint density at radius 2 is 1.79 bits per heavy atom. The average molecular weight is 560 g/mol. The van der Waals surface area contributed by atoms with Gasteiger partial charge in [-0.25, -0.2) is 4.98 Å². The number of carbonyl (C=O) groups excluding carboxylic acids is 1. The number of nitrogens with zero attached hydrogens (tertiary/aromatic N) is 1. The fraction of sp³-hybridized carbons (Fsp3) is 0.258. The number of aliphatic carboxylic acids is 1. The molecule has 0 radical (unpaired) electrons. The molecule has 1 aliphatic carbocycles. The Kier molecular flexibility index (Phi) is 8.00. The number of aryl methyl sites for hydroxylation is 4. The highest BCUT2D eigenvalue weighted by molar-refractivity contribution is 7.12. The molecule has 0 spiro atoms. The minimum Gasteiger partial charge on any atom is -0.481 e. The minimum atomic E-state index is -0.947. The van der Waals surface area contributed by atoms with Crippen molar-refractivity contribution in [3.05, 3.63) is 103 Å². The van der Waals surface area contributed by atoms with Crippen molar-refractivity contribution in [3.8, 4) is 11.3 Å². The number of aromatic nitrogens is 1. The Morgan fingerprint density at radius 3 is 2.54 bits per heavy atom. The number of amides is 1. The van der Waals surface area contributed by atoms with Crippen molar-refractivity contribution in [1.82, 2.24) is 10.3 Å². The van der Waals surface area contributed by atoms with Crippen molar-refractivity contribution in [1.29, 1.82) is 0 Å². The quantitative estimate of drug-likeness (QED) is 0.206. The van der Waals surface area contributed by atoms with E-state index in [0.29, 0.717) is 10.6 Å². The summed E-state index contributed by atoms with van der Waals surface area (Å²) < 4.78 is 0. The second-order valence-electron chi connectivity index (χ2n) is 9.86. The second kappa shape index (κ2) is 11.6. The summed E-state index contributed by atoms with van der Waals surface area (Å²) in [6.45, 7) is 4.14. The minimum absolute atomic E-state index is 0.0859. The van der Waals surface area contributed by atoms with E-state index in [1.165, 1.54) is 17.5 Å². The molecule has 39 heavy (non-hydrogen) atoms. The Balaban J connectivity index is 1.46. The first-order chi connectivity index (χ1) is 18.8. The topological polar surface area (TPSA) is 91.3 Å². The van der Waals surface area contributed by atoms with Gasteiger partial charge in [0.25, 0.3) is 5.91 Å². The molecule has 0 aliphatic heterocycles. The van der Waals surface area contributed by atoms with Crippen LogP contribution in [0.25, 0.3) is 11.3 Å². The van der Waals surface area contributed by atoms with Crippen LogP contribution in [0.2, 0.25) is 5.02 Å². The monoisotopic (exact) mass is 559 g/mol. The van der Waals surface area contributed by atoms with E-state index in [0.717, 1.165) is 50.8 Å². The van der Waals surface area contributed by atoms with Gasteiger partial charge < -0.3 is 15.7 Å². The smallest absolute Gasteiger partial charge is 0.305 e. The van der Waals surface area contributed by atoms with Gasteiger partial charge in [0.1, 0.15) is 11.0 Å². The molecule has 200 valence electrons. The van der Waals surface area contributed by atoms with E-state index >= 15 is 0 Å². The molecule has 3 aromatic carbocycles. The third kappa shape index (κ3) is 6.15. The highest BCUT2D eigenvalue weighted by Crippen LogP contribution is 2.37. The van der Waals surface area contributed by atoms with Crippen molar-refractivity contribution < 1.29 is 14.7 Å². The Labute approximate surface area is 237 Å². The van der Waals surface area contributed by atoms with Crippen LogP contribution in [0.3, 0.4) is 0 Å². The number of halogens is 1. The summed E-state index contributed by atoms with van der Waals surface area (Å²) in [6, 6.07) is 19.8. The van der Waals surface area contributed by atoms with Gasteiger partial charge in [-0.2, -0.15) is 0 Å². The lowest BCUT2D eigenvalue weighted by Gasteiger charge is -2.19. The van der Waals surface area contributed by atoms with Gasteiger partial charge in [-0.05, 0) is 85.7 Å². The lowest BCUT2D eigenvalue weighted by Crippen LogP contribution is -2.26. The van der Waals surface area contributed by atoms with Gasteiger partial charge in [0.15, 0.2) is 0 Å². The van der Waals surface area contributed by atoms with E-state index in [1.54, 1.807) is 23.5 Å². The molecule has 3 N–H and O–H groups in total. The predicted molar refractivity (Wildman–Crippen MR) is 157 cm³/mol. The molecule has 1 atom stereocenters. The maximum Gasteiger partial charge on any atom is 0.305 e. The van der Waals surface area contributed by atoms with Gasteiger partial charge in [-0.3, -0.25) is 9.59 Å². The molecule has 0 saturated carbocycles. The van der Waals surface area contributed by atoms with Gasteiger partial charge in [-0.15, -0.1) is 11.3 Å². The highest BCUT2D eigenvalue weighted by Gasteiger charge is 2.22. The lowest BCUT2D eigenvalue weighted by atomic mass is 10.0. The molecule has 1 unspecified atom stereocenters. The molecular formula is C31H30ClN3O3S. The number of rotatable bonds is 9. The van der Waals surface area contributed by atoms with Crippen LogP contribution in [0.5, 0.6) is 0 Å². The SMILES string of the molecule is Cc1ccc(-c2nc(C(Nc3ccc4c(c3)CCC4)c3ccc(C(=O)NCCC(=O)O)cc3)sc2C)cc1Cl. The number of carboxylic acids is 1. The normalized spacial score (nSPS) is 13.1. The van der Waals surface area contributed by atoms with Crippen LogP contribution in [0, 0.1) is 13.8 Å². The zero-order valence-corrected chi connectivity index (χ0v) is 23.5. The molecule has 5 rings (SSSR count). The van der Waals surface area contributed by atoms with Gasteiger partial charge in [0.2, 0.25) is 0 Å². The van der Waals surface area contributed by atoms with E-state index in [-0.39, 0.29) is 24.9 Å². The summed E-state index contributed by atoms with van der Waals surface area (Å²) in [5, 5.41) is 16.8. The number of carboxylic acid groups (broad SMARTS) is 1. The lowest BCUT2D eigenvalue weighted by molar-refractivity contribution is -0.136. The molecule has 1 amide bonds. The van der Waals surface area contributed by atoms with E-state index < -0.39 is 5.97 Å². The summed E-state index contributed by atoms with van der Waals surface area (Å²) in [5.74, 6) is -1.24. The van der Waals surface area contributed by atoms with E-state index in [4.69, 9.17) is 21.7 Å². The van der Waals surface area contributed by atoms with Crippen molar-refractivity contribution in [2.45, 2.75) is 45.6 Å². The van der Waals surface area contributed by atoms with Crippen LogP contribution >= 0.6 is 22.9 Å². The molecule has 1 heterocycles. The van der Waals surface area contributed by atoms with Crippen molar-refractivity contribution in [3.63, 3.8) is 0 Å². The van der Waals surface area contributed by atoms with Crippen LogP contribution in [-0.4, -0.2) is 28.5 Å². The van der Waals surface area contributed by atoms with Gasteiger partial charge in [0, 0.05) is 33.3 Å². The first-order valence-corrected chi connectivity index (χ1v) is 14.2. The van der Waals surface area contributed by atoms with Gasteiger partial charge in [-0.1, -0.05) is 41.9 Å². The van der Waals surface area contributed by atoms with Crippen LogP contribution in [0.1, 0.15) is 61.4 Å². The fourth-order valence-electron chi connectivity index (χ4n) is 4.88. The molecule has 1 aromatic heterocycles. The number of hydrogen-bond acceptors (Lipinski definition) is 5. The molecule has 0 saturated heterocycles. The average Bonchev–Trinajstić information content (AvgIpc) is 3.55. The van der Waals surface area contributed by atoms with Crippen LogP contribution in [0.15, 0.2) is 60.7 Å². The molecule has 0 bridgehead atoms. The molecule has 4 aromatic rings. The third-order valence-electron chi connectivity index (χ3n) is 7.05. The summed E-state index contributed by atoms with van der Waals surface area (Å²) in [5.41, 5.74) is 8.20. The first-order valence-electron chi connectivity index (χ1n) is 13.0. The summed E-state index contributed by atoms with van der Waals surface area (Å²) in [7, 11) is 0. The largest absolute Gasteiger partial charge is 0.481 e. The molecule has 0 fully saturated rings. The van der Waals surface area contributed by atoms with Crippen LogP contribution in [-0.2, 0) is 17.6 Å². The van der Waals surface area contributed by atoms with Crippen molar-refractivity contribution in [2.24, 2.45) is 0 Å². The Bertz CT molecular complexity index is 1530. The third-order valence-corrected chi connectivity index (χ3v) is 8.49. The van der Waals surface area contributed by atoms with Crippen molar-refractivity contribution >= 4 is 40.5 Å².